The Hall–Kier alpha value is -1.60. The van der Waals surface area contributed by atoms with Crippen LogP contribution in [-0.2, 0) is 19.4 Å². The molecule has 1 saturated heterocycles. The standard InChI is InChI=1S/C16H21NO5S/c1-16(2)7-6-14(22-16)15(18)17-8-9-21-13-5-4-11(10-12(13)17)23(3,19)20/h4-5,10,14H,6-9H2,1-3H3. The molecule has 1 fully saturated rings. The monoisotopic (exact) mass is 339 g/mol. The third kappa shape index (κ3) is 3.21. The maximum absolute atomic E-state index is 12.8. The fraction of sp³-hybridized carbons (Fsp3) is 0.562. The molecule has 0 bridgehead atoms. The molecule has 0 N–H and O–H groups in total. The van der Waals surface area contributed by atoms with Gasteiger partial charge in [-0.3, -0.25) is 4.79 Å². The molecule has 2 aliphatic rings. The lowest BCUT2D eigenvalue weighted by atomic mass is 10.1. The number of benzene rings is 1. The molecule has 23 heavy (non-hydrogen) atoms. The van der Waals surface area contributed by atoms with E-state index in [1.807, 2.05) is 13.8 Å². The van der Waals surface area contributed by atoms with Crippen LogP contribution >= 0.6 is 0 Å². The molecule has 1 atom stereocenters. The Balaban J connectivity index is 1.93. The van der Waals surface area contributed by atoms with Crippen molar-refractivity contribution in [2.45, 2.75) is 43.3 Å². The van der Waals surface area contributed by atoms with E-state index in [9.17, 15) is 13.2 Å². The van der Waals surface area contributed by atoms with E-state index in [1.54, 1.807) is 11.0 Å². The Morgan fingerprint density at radius 1 is 1.35 bits per heavy atom. The summed E-state index contributed by atoms with van der Waals surface area (Å²) in [5.74, 6) is 0.389. The highest BCUT2D eigenvalue weighted by Gasteiger charge is 2.39. The lowest BCUT2D eigenvalue weighted by Gasteiger charge is -2.32. The fourth-order valence-electron chi connectivity index (χ4n) is 2.99. The van der Waals surface area contributed by atoms with Gasteiger partial charge in [0.15, 0.2) is 9.84 Å². The molecule has 2 heterocycles. The SMILES string of the molecule is CC1(C)CCC(C(=O)N2CCOc3ccc(S(C)(=O)=O)cc32)O1. The second-order valence-electron chi connectivity index (χ2n) is 6.64. The molecule has 1 unspecified atom stereocenters. The van der Waals surface area contributed by atoms with Crippen molar-refractivity contribution in [3.8, 4) is 5.75 Å². The van der Waals surface area contributed by atoms with Gasteiger partial charge < -0.3 is 14.4 Å². The summed E-state index contributed by atoms with van der Waals surface area (Å²) in [5, 5.41) is 0. The van der Waals surface area contributed by atoms with Crippen LogP contribution in [0.15, 0.2) is 23.1 Å². The zero-order valence-electron chi connectivity index (χ0n) is 13.5. The smallest absolute Gasteiger partial charge is 0.256 e. The van der Waals surface area contributed by atoms with E-state index < -0.39 is 15.9 Å². The number of hydrogen-bond acceptors (Lipinski definition) is 5. The first kappa shape index (κ1) is 16.3. The minimum absolute atomic E-state index is 0.134. The Bertz CT molecular complexity index is 741. The molecule has 1 aromatic rings. The van der Waals surface area contributed by atoms with Gasteiger partial charge in [-0.15, -0.1) is 0 Å². The largest absolute Gasteiger partial charge is 0.490 e. The van der Waals surface area contributed by atoms with Crippen molar-refractivity contribution in [1.29, 1.82) is 0 Å². The zero-order chi connectivity index (χ0) is 16.8. The Labute approximate surface area is 136 Å². The molecule has 1 aromatic carbocycles. The molecule has 0 aromatic heterocycles. The lowest BCUT2D eigenvalue weighted by Crippen LogP contribution is -2.44. The van der Waals surface area contributed by atoms with Crippen LogP contribution in [0, 0.1) is 0 Å². The molecule has 2 aliphatic heterocycles. The minimum atomic E-state index is -3.35. The maximum atomic E-state index is 12.8. The van der Waals surface area contributed by atoms with E-state index in [0.29, 0.717) is 31.0 Å². The van der Waals surface area contributed by atoms with E-state index in [4.69, 9.17) is 9.47 Å². The number of fused-ring (bicyclic) bond motifs is 1. The number of amides is 1. The maximum Gasteiger partial charge on any atom is 0.256 e. The zero-order valence-corrected chi connectivity index (χ0v) is 14.4. The van der Waals surface area contributed by atoms with Gasteiger partial charge in [0.25, 0.3) is 5.91 Å². The van der Waals surface area contributed by atoms with Crippen molar-refractivity contribution in [3.05, 3.63) is 18.2 Å². The van der Waals surface area contributed by atoms with Crippen LogP contribution in [0.4, 0.5) is 5.69 Å². The number of anilines is 1. The predicted octanol–water partition coefficient (Wildman–Crippen LogP) is 1.77. The summed E-state index contributed by atoms with van der Waals surface area (Å²) in [6, 6.07) is 4.60. The van der Waals surface area contributed by atoms with E-state index in [2.05, 4.69) is 0 Å². The van der Waals surface area contributed by atoms with E-state index in [-0.39, 0.29) is 16.4 Å². The van der Waals surface area contributed by atoms with Crippen molar-refractivity contribution in [2.75, 3.05) is 24.3 Å². The van der Waals surface area contributed by atoms with Crippen molar-refractivity contribution >= 4 is 21.4 Å². The first-order chi connectivity index (χ1) is 10.7. The number of ether oxygens (including phenoxy) is 2. The molecule has 6 nitrogen and oxygen atoms in total. The first-order valence-electron chi connectivity index (χ1n) is 7.63. The van der Waals surface area contributed by atoms with Crippen molar-refractivity contribution in [2.24, 2.45) is 0 Å². The normalized spacial score (nSPS) is 23.3. The van der Waals surface area contributed by atoms with Gasteiger partial charge in [0, 0.05) is 6.26 Å². The van der Waals surface area contributed by atoms with Gasteiger partial charge >= 0.3 is 0 Å². The van der Waals surface area contributed by atoms with Gasteiger partial charge in [-0.1, -0.05) is 0 Å². The molecular weight excluding hydrogens is 318 g/mol. The Morgan fingerprint density at radius 2 is 2.09 bits per heavy atom. The van der Waals surface area contributed by atoms with Crippen molar-refractivity contribution in [3.63, 3.8) is 0 Å². The number of sulfone groups is 1. The molecule has 7 heteroatoms. The van der Waals surface area contributed by atoms with Gasteiger partial charge in [-0.05, 0) is 44.9 Å². The van der Waals surface area contributed by atoms with Gasteiger partial charge in [0.1, 0.15) is 18.5 Å². The Kier molecular flexibility index (Phi) is 3.88. The summed E-state index contributed by atoms with van der Waals surface area (Å²) in [7, 11) is -3.35. The highest BCUT2D eigenvalue weighted by molar-refractivity contribution is 7.90. The van der Waals surface area contributed by atoms with Crippen LogP contribution in [0.3, 0.4) is 0 Å². The van der Waals surface area contributed by atoms with Crippen molar-refractivity contribution < 1.29 is 22.7 Å². The minimum Gasteiger partial charge on any atom is -0.490 e. The van der Waals surface area contributed by atoms with Gasteiger partial charge in [-0.2, -0.15) is 0 Å². The second kappa shape index (κ2) is 5.49. The lowest BCUT2D eigenvalue weighted by molar-refractivity contribution is -0.132. The average Bonchev–Trinajstić information content (AvgIpc) is 2.84. The molecular formula is C16H21NO5S. The predicted molar refractivity (Wildman–Crippen MR) is 85.6 cm³/mol. The average molecular weight is 339 g/mol. The van der Waals surface area contributed by atoms with E-state index in [1.165, 1.54) is 12.1 Å². The quantitative estimate of drug-likeness (QED) is 0.821. The third-order valence-electron chi connectivity index (χ3n) is 4.23. The summed E-state index contributed by atoms with van der Waals surface area (Å²) < 4.78 is 34.9. The number of nitrogens with zero attached hydrogens (tertiary/aromatic N) is 1. The first-order valence-corrected chi connectivity index (χ1v) is 9.53. The van der Waals surface area contributed by atoms with Crippen LogP contribution in [0.25, 0.3) is 0 Å². The summed E-state index contributed by atoms with van der Waals surface area (Å²) in [5.41, 5.74) is 0.196. The Morgan fingerprint density at radius 3 is 2.70 bits per heavy atom. The number of carbonyl (C=O) groups excluding carboxylic acids is 1. The summed E-state index contributed by atoms with van der Waals surface area (Å²) in [6.45, 7) is 4.71. The van der Waals surface area contributed by atoms with E-state index in [0.717, 1.165) is 12.7 Å². The van der Waals surface area contributed by atoms with Crippen LogP contribution < -0.4 is 9.64 Å². The number of rotatable bonds is 2. The van der Waals surface area contributed by atoms with Crippen LogP contribution in [-0.4, -0.2) is 45.4 Å². The van der Waals surface area contributed by atoms with Crippen molar-refractivity contribution in [1.82, 2.24) is 0 Å². The van der Waals surface area contributed by atoms with Crippen LogP contribution in [0.1, 0.15) is 26.7 Å². The topological polar surface area (TPSA) is 72.9 Å². The molecule has 126 valence electrons. The van der Waals surface area contributed by atoms with Crippen LogP contribution in [0.2, 0.25) is 0 Å². The number of carbonyl (C=O) groups is 1. The molecule has 0 saturated carbocycles. The van der Waals surface area contributed by atoms with Gasteiger partial charge in [0.2, 0.25) is 0 Å². The molecule has 0 spiro atoms. The summed E-state index contributed by atoms with van der Waals surface area (Å²) >= 11 is 0. The summed E-state index contributed by atoms with van der Waals surface area (Å²) in [4.78, 5) is 14.6. The van der Waals surface area contributed by atoms with E-state index >= 15 is 0 Å². The second-order valence-corrected chi connectivity index (χ2v) is 8.66. The highest BCUT2D eigenvalue weighted by Crippen LogP contribution is 2.37. The van der Waals surface area contributed by atoms with Gasteiger partial charge in [-0.25, -0.2) is 8.42 Å². The molecule has 0 radical (unpaired) electrons. The van der Waals surface area contributed by atoms with Gasteiger partial charge in [0.05, 0.1) is 22.7 Å². The van der Waals surface area contributed by atoms with Crippen LogP contribution in [0.5, 0.6) is 5.75 Å². The summed E-state index contributed by atoms with van der Waals surface area (Å²) in [6.07, 6.45) is 2.15. The highest BCUT2D eigenvalue weighted by atomic mass is 32.2. The molecule has 0 aliphatic carbocycles. The molecule has 3 rings (SSSR count). The fourth-order valence-corrected chi connectivity index (χ4v) is 3.63. The number of hydrogen-bond donors (Lipinski definition) is 0. The third-order valence-corrected chi connectivity index (χ3v) is 5.34. The molecule has 1 amide bonds.